The Balaban J connectivity index is 2.13. The predicted octanol–water partition coefficient (Wildman–Crippen LogP) is 1.97. The molecule has 0 amide bonds. The van der Waals surface area contributed by atoms with E-state index < -0.39 is 0 Å². The largest absolute Gasteiger partial charge is 0.384 e. The Kier molecular flexibility index (Phi) is 2.02. The van der Waals surface area contributed by atoms with Crippen LogP contribution in [0.15, 0.2) is 12.5 Å². The molecule has 12 heavy (non-hydrogen) atoms. The molecule has 0 spiro atoms. The van der Waals surface area contributed by atoms with Crippen LogP contribution in [0.5, 0.6) is 0 Å². The van der Waals surface area contributed by atoms with Crippen LogP contribution in [0.2, 0.25) is 0 Å². The molecule has 3 heteroatoms. The van der Waals surface area contributed by atoms with E-state index in [1.54, 1.807) is 6.20 Å². The molecule has 2 rings (SSSR count). The molecule has 0 unspecified atom stereocenters. The van der Waals surface area contributed by atoms with E-state index in [9.17, 15) is 0 Å². The number of rotatable bonds is 1. The molecule has 1 saturated carbocycles. The van der Waals surface area contributed by atoms with Crippen molar-refractivity contribution in [2.24, 2.45) is 0 Å². The molecule has 66 valence electrons. The van der Waals surface area contributed by atoms with Gasteiger partial charge in [-0.2, -0.15) is 0 Å². The van der Waals surface area contributed by atoms with Gasteiger partial charge >= 0.3 is 0 Å². The topological polar surface area (TPSA) is 43.8 Å². The van der Waals surface area contributed by atoms with E-state index in [4.69, 9.17) is 5.73 Å². The zero-order valence-electron chi connectivity index (χ0n) is 7.24. The van der Waals surface area contributed by atoms with Crippen molar-refractivity contribution in [2.45, 2.75) is 38.1 Å². The fraction of sp³-hybridized carbons (Fsp3) is 0.667. The summed E-state index contributed by atoms with van der Waals surface area (Å²) in [6.45, 7) is 0. The minimum atomic E-state index is 0.612. The summed E-state index contributed by atoms with van der Waals surface area (Å²) in [4.78, 5) is 4.03. The first-order chi connectivity index (χ1) is 5.88. The van der Waals surface area contributed by atoms with Crippen molar-refractivity contribution in [3.63, 3.8) is 0 Å². The zero-order valence-corrected chi connectivity index (χ0v) is 7.24. The summed E-state index contributed by atoms with van der Waals surface area (Å²) >= 11 is 0. The molecule has 0 atom stereocenters. The summed E-state index contributed by atoms with van der Waals surface area (Å²) in [7, 11) is 0. The Morgan fingerprint density at radius 1 is 1.33 bits per heavy atom. The van der Waals surface area contributed by atoms with Gasteiger partial charge in [0.15, 0.2) is 0 Å². The zero-order chi connectivity index (χ0) is 8.39. The smallest absolute Gasteiger partial charge is 0.123 e. The van der Waals surface area contributed by atoms with Crippen LogP contribution in [0.3, 0.4) is 0 Å². The van der Waals surface area contributed by atoms with Gasteiger partial charge in [0.05, 0.1) is 12.5 Å². The fourth-order valence-electron chi connectivity index (χ4n) is 1.98. The highest BCUT2D eigenvalue weighted by molar-refractivity contribution is 5.25. The standard InChI is InChI=1S/C9H15N3/c10-9-6-11-7-12(9)8-4-2-1-3-5-8/h6-8H,1-5,10H2. The van der Waals surface area contributed by atoms with Crippen LogP contribution in [0, 0.1) is 0 Å². The number of nitrogens with two attached hydrogens (primary N) is 1. The van der Waals surface area contributed by atoms with Crippen molar-refractivity contribution in [1.29, 1.82) is 0 Å². The Bertz CT molecular complexity index is 248. The second-order valence-corrected chi connectivity index (χ2v) is 3.52. The molecule has 1 aromatic rings. The second kappa shape index (κ2) is 3.17. The minimum Gasteiger partial charge on any atom is -0.384 e. The van der Waals surface area contributed by atoms with Crippen molar-refractivity contribution in [3.8, 4) is 0 Å². The van der Waals surface area contributed by atoms with Crippen LogP contribution in [0.1, 0.15) is 38.1 Å². The van der Waals surface area contributed by atoms with Gasteiger partial charge in [-0.05, 0) is 12.8 Å². The molecule has 0 aromatic carbocycles. The predicted molar refractivity (Wildman–Crippen MR) is 48.8 cm³/mol. The van der Waals surface area contributed by atoms with Crippen molar-refractivity contribution < 1.29 is 0 Å². The maximum Gasteiger partial charge on any atom is 0.123 e. The van der Waals surface area contributed by atoms with Gasteiger partial charge in [0.25, 0.3) is 0 Å². The molecule has 0 saturated heterocycles. The van der Waals surface area contributed by atoms with Crippen molar-refractivity contribution in [3.05, 3.63) is 12.5 Å². The molecule has 1 aliphatic rings. The minimum absolute atomic E-state index is 0.612. The summed E-state index contributed by atoms with van der Waals surface area (Å²) in [6, 6.07) is 0.612. The van der Waals surface area contributed by atoms with Gasteiger partial charge in [0.1, 0.15) is 5.82 Å². The lowest BCUT2D eigenvalue weighted by molar-refractivity contribution is 0.356. The third-order valence-electron chi connectivity index (χ3n) is 2.66. The van der Waals surface area contributed by atoms with Crippen molar-refractivity contribution in [1.82, 2.24) is 9.55 Å². The Morgan fingerprint density at radius 3 is 2.67 bits per heavy atom. The van der Waals surface area contributed by atoms with Crippen LogP contribution in [-0.4, -0.2) is 9.55 Å². The lowest BCUT2D eigenvalue weighted by Gasteiger charge is -2.23. The summed E-state index contributed by atoms with van der Waals surface area (Å²) < 4.78 is 2.11. The fourth-order valence-corrected chi connectivity index (χ4v) is 1.98. The molecule has 0 aliphatic heterocycles. The van der Waals surface area contributed by atoms with Crippen LogP contribution >= 0.6 is 0 Å². The second-order valence-electron chi connectivity index (χ2n) is 3.52. The van der Waals surface area contributed by atoms with Gasteiger partial charge in [-0.25, -0.2) is 4.98 Å². The van der Waals surface area contributed by atoms with Crippen LogP contribution in [0.25, 0.3) is 0 Å². The van der Waals surface area contributed by atoms with Gasteiger partial charge < -0.3 is 10.3 Å². The Labute approximate surface area is 72.6 Å². The van der Waals surface area contributed by atoms with Gasteiger partial charge in [-0.3, -0.25) is 0 Å². The summed E-state index contributed by atoms with van der Waals surface area (Å²) in [5.41, 5.74) is 5.77. The highest BCUT2D eigenvalue weighted by Gasteiger charge is 2.15. The first-order valence-corrected chi connectivity index (χ1v) is 4.65. The molecule has 1 aromatic heterocycles. The molecule has 3 nitrogen and oxygen atoms in total. The van der Waals surface area contributed by atoms with E-state index in [2.05, 4.69) is 9.55 Å². The van der Waals surface area contributed by atoms with Crippen LogP contribution in [0.4, 0.5) is 5.82 Å². The first kappa shape index (κ1) is 7.65. The van der Waals surface area contributed by atoms with E-state index in [0.29, 0.717) is 6.04 Å². The van der Waals surface area contributed by atoms with Crippen molar-refractivity contribution >= 4 is 5.82 Å². The van der Waals surface area contributed by atoms with E-state index in [-0.39, 0.29) is 0 Å². The highest BCUT2D eigenvalue weighted by Crippen LogP contribution is 2.29. The lowest BCUT2D eigenvalue weighted by atomic mass is 9.95. The van der Waals surface area contributed by atoms with Gasteiger partial charge in [0, 0.05) is 6.04 Å². The average molecular weight is 165 g/mol. The number of nitrogen functional groups attached to an aromatic ring is 1. The maximum absolute atomic E-state index is 5.77. The van der Waals surface area contributed by atoms with Gasteiger partial charge in [0.2, 0.25) is 0 Å². The molecule has 1 heterocycles. The van der Waals surface area contributed by atoms with Crippen LogP contribution < -0.4 is 5.73 Å². The highest BCUT2D eigenvalue weighted by atomic mass is 15.1. The third-order valence-corrected chi connectivity index (χ3v) is 2.66. The molecular weight excluding hydrogens is 150 g/mol. The molecule has 0 radical (unpaired) electrons. The van der Waals surface area contributed by atoms with E-state index >= 15 is 0 Å². The Morgan fingerprint density at radius 2 is 2.08 bits per heavy atom. The lowest BCUT2D eigenvalue weighted by Crippen LogP contribution is -2.13. The van der Waals surface area contributed by atoms with E-state index in [0.717, 1.165) is 5.82 Å². The SMILES string of the molecule is Nc1cncn1C1CCCCC1. The first-order valence-electron chi connectivity index (χ1n) is 4.65. The quantitative estimate of drug-likeness (QED) is 0.691. The molecule has 0 bridgehead atoms. The number of hydrogen-bond donors (Lipinski definition) is 1. The average Bonchev–Trinajstić information content (AvgIpc) is 2.53. The maximum atomic E-state index is 5.77. The monoisotopic (exact) mass is 165 g/mol. The summed E-state index contributed by atoms with van der Waals surface area (Å²) in [6.07, 6.45) is 10.2. The van der Waals surface area contributed by atoms with Crippen molar-refractivity contribution in [2.75, 3.05) is 5.73 Å². The Hall–Kier alpha value is -0.990. The number of imidazole rings is 1. The van der Waals surface area contributed by atoms with Gasteiger partial charge in [-0.1, -0.05) is 19.3 Å². The summed E-state index contributed by atoms with van der Waals surface area (Å²) in [5, 5.41) is 0. The van der Waals surface area contributed by atoms with E-state index in [1.807, 2.05) is 6.33 Å². The number of hydrogen-bond acceptors (Lipinski definition) is 2. The number of aromatic nitrogens is 2. The third kappa shape index (κ3) is 1.31. The molecule has 1 fully saturated rings. The summed E-state index contributed by atoms with van der Waals surface area (Å²) in [5.74, 6) is 0.807. The molecular formula is C9H15N3. The number of anilines is 1. The molecule has 2 N–H and O–H groups in total. The van der Waals surface area contributed by atoms with Crippen LogP contribution in [-0.2, 0) is 0 Å². The normalized spacial score (nSPS) is 19.7. The van der Waals surface area contributed by atoms with E-state index in [1.165, 1.54) is 32.1 Å². The molecule has 1 aliphatic carbocycles. The van der Waals surface area contributed by atoms with Gasteiger partial charge in [-0.15, -0.1) is 0 Å². The number of nitrogens with zero attached hydrogens (tertiary/aromatic N) is 2.